The third-order valence-electron chi connectivity index (χ3n) is 3.96. The molecule has 0 saturated carbocycles. The molecule has 0 fully saturated rings. The second kappa shape index (κ2) is 8.99. The van der Waals surface area contributed by atoms with E-state index in [1.807, 2.05) is 48.2 Å². The first-order valence-corrected chi connectivity index (χ1v) is 8.78. The summed E-state index contributed by atoms with van der Waals surface area (Å²) in [6.45, 7) is 3.08. The molecular weight excluding hydrogens is 290 g/mol. The lowest BCUT2D eigenvalue weighted by molar-refractivity contribution is 0.0728. The first-order chi connectivity index (χ1) is 10.7. The highest BCUT2D eigenvalue weighted by Crippen LogP contribution is 2.21. The summed E-state index contributed by atoms with van der Waals surface area (Å²) in [4.78, 5) is 3.56. The predicted molar refractivity (Wildman–Crippen MR) is 95.3 cm³/mol. The molecular formula is C19H25NOS. The van der Waals surface area contributed by atoms with Crippen molar-refractivity contribution >= 4 is 11.8 Å². The molecule has 0 spiro atoms. The van der Waals surface area contributed by atoms with E-state index in [0.717, 1.165) is 24.3 Å². The molecule has 0 aliphatic carbocycles. The zero-order valence-electron chi connectivity index (χ0n) is 13.4. The lowest BCUT2D eigenvalue weighted by Gasteiger charge is -2.29. The molecule has 0 heterocycles. The first-order valence-electron chi connectivity index (χ1n) is 7.79. The molecule has 118 valence electrons. The van der Waals surface area contributed by atoms with Crippen molar-refractivity contribution in [1.82, 2.24) is 4.90 Å². The van der Waals surface area contributed by atoms with Gasteiger partial charge < -0.3 is 10.0 Å². The Morgan fingerprint density at radius 3 is 2.23 bits per heavy atom. The Kier molecular flexibility index (Phi) is 6.97. The van der Waals surface area contributed by atoms with Crippen molar-refractivity contribution in [1.29, 1.82) is 0 Å². The maximum absolute atomic E-state index is 10.4. The van der Waals surface area contributed by atoms with Gasteiger partial charge in [-0.1, -0.05) is 48.5 Å². The summed E-state index contributed by atoms with van der Waals surface area (Å²) in [7, 11) is 2.09. The second-order valence-electron chi connectivity index (χ2n) is 5.59. The van der Waals surface area contributed by atoms with Crippen LogP contribution < -0.4 is 0 Å². The van der Waals surface area contributed by atoms with Crippen LogP contribution in [-0.2, 0) is 0 Å². The number of nitrogens with zero attached hydrogens (tertiary/aromatic N) is 1. The van der Waals surface area contributed by atoms with E-state index in [1.54, 1.807) is 0 Å². The van der Waals surface area contributed by atoms with E-state index in [2.05, 4.69) is 43.1 Å². The van der Waals surface area contributed by atoms with Crippen LogP contribution in [0.15, 0.2) is 65.6 Å². The highest BCUT2D eigenvalue weighted by Gasteiger charge is 2.19. The van der Waals surface area contributed by atoms with Crippen molar-refractivity contribution in [2.75, 3.05) is 19.3 Å². The van der Waals surface area contributed by atoms with Crippen LogP contribution in [0.25, 0.3) is 0 Å². The third-order valence-corrected chi connectivity index (χ3v) is 5.06. The average molecular weight is 315 g/mol. The minimum atomic E-state index is -0.437. The maximum atomic E-state index is 10.4. The molecule has 0 saturated heterocycles. The number of hydrogen-bond donors (Lipinski definition) is 1. The molecule has 2 rings (SSSR count). The summed E-state index contributed by atoms with van der Waals surface area (Å²) < 4.78 is 0. The number of rotatable bonds is 8. The lowest BCUT2D eigenvalue weighted by atomic mass is 10.0. The molecule has 3 heteroatoms. The van der Waals surface area contributed by atoms with E-state index in [9.17, 15) is 5.11 Å². The number of likely N-dealkylation sites (N-methyl/N-ethyl adjacent to an activating group) is 1. The second-order valence-corrected chi connectivity index (χ2v) is 6.76. The zero-order chi connectivity index (χ0) is 15.8. The van der Waals surface area contributed by atoms with Crippen LogP contribution in [0.1, 0.15) is 25.0 Å². The summed E-state index contributed by atoms with van der Waals surface area (Å²) >= 11 is 1.89. The summed E-state index contributed by atoms with van der Waals surface area (Å²) in [6.07, 6.45) is 0.676. The van der Waals surface area contributed by atoms with Gasteiger partial charge in [-0.05, 0) is 50.4 Å². The van der Waals surface area contributed by atoms with Gasteiger partial charge in [0.15, 0.2) is 0 Å². The molecule has 2 atom stereocenters. The molecule has 2 unspecified atom stereocenters. The average Bonchev–Trinajstić information content (AvgIpc) is 2.59. The molecule has 0 aromatic heterocycles. The number of thioether (sulfide) groups is 1. The van der Waals surface area contributed by atoms with Gasteiger partial charge in [0.25, 0.3) is 0 Å². The maximum Gasteiger partial charge on any atom is 0.0942 e. The minimum Gasteiger partial charge on any atom is -0.387 e. The Morgan fingerprint density at radius 2 is 1.59 bits per heavy atom. The van der Waals surface area contributed by atoms with Gasteiger partial charge in [-0.3, -0.25) is 0 Å². The van der Waals surface area contributed by atoms with E-state index >= 15 is 0 Å². The predicted octanol–water partition coefficient (Wildman–Crippen LogP) is 4.22. The van der Waals surface area contributed by atoms with Crippen LogP contribution in [0.4, 0.5) is 0 Å². The van der Waals surface area contributed by atoms with E-state index < -0.39 is 6.10 Å². The highest BCUT2D eigenvalue weighted by molar-refractivity contribution is 7.99. The van der Waals surface area contributed by atoms with Crippen molar-refractivity contribution in [2.24, 2.45) is 0 Å². The van der Waals surface area contributed by atoms with Gasteiger partial charge in [-0.2, -0.15) is 0 Å². The Morgan fingerprint density at radius 1 is 1.00 bits per heavy atom. The molecule has 2 aromatic carbocycles. The standard InChI is InChI=1S/C19H25NOS/c1-16(19(21)17-10-5-3-6-11-17)20(2)14-9-15-22-18-12-7-4-8-13-18/h3-8,10-13,16,19,21H,9,14-15H2,1-2H3. The quantitative estimate of drug-likeness (QED) is 0.583. The van der Waals surface area contributed by atoms with Crippen LogP contribution in [0, 0.1) is 0 Å². The molecule has 0 bridgehead atoms. The van der Waals surface area contributed by atoms with Gasteiger partial charge in [-0.25, -0.2) is 0 Å². The SMILES string of the molecule is CC(C(O)c1ccccc1)N(C)CCCSc1ccccc1. The number of benzene rings is 2. The number of hydrogen-bond acceptors (Lipinski definition) is 3. The molecule has 2 aromatic rings. The van der Waals surface area contributed by atoms with E-state index in [1.165, 1.54) is 4.90 Å². The normalized spacial score (nSPS) is 14.0. The molecule has 0 aliphatic heterocycles. The lowest BCUT2D eigenvalue weighted by Crippen LogP contribution is -2.35. The molecule has 2 nitrogen and oxygen atoms in total. The largest absolute Gasteiger partial charge is 0.387 e. The van der Waals surface area contributed by atoms with E-state index in [4.69, 9.17) is 0 Å². The summed E-state index contributed by atoms with van der Waals surface area (Å²) in [6, 6.07) is 20.5. The van der Waals surface area contributed by atoms with Crippen molar-refractivity contribution in [3.05, 3.63) is 66.2 Å². The third kappa shape index (κ3) is 5.16. The zero-order valence-corrected chi connectivity index (χ0v) is 14.2. The Labute approximate surface area is 138 Å². The van der Waals surface area contributed by atoms with Crippen LogP contribution in [0.5, 0.6) is 0 Å². The topological polar surface area (TPSA) is 23.5 Å². The molecule has 0 amide bonds. The van der Waals surface area contributed by atoms with E-state index in [0.29, 0.717) is 0 Å². The van der Waals surface area contributed by atoms with Crippen molar-refractivity contribution in [3.63, 3.8) is 0 Å². The Hall–Kier alpha value is -1.29. The number of aliphatic hydroxyl groups is 1. The van der Waals surface area contributed by atoms with Gasteiger partial charge in [0.05, 0.1) is 6.10 Å². The van der Waals surface area contributed by atoms with Crippen molar-refractivity contribution in [3.8, 4) is 0 Å². The molecule has 0 radical (unpaired) electrons. The Bertz CT molecular complexity index is 532. The Balaban J connectivity index is 1.73. The van der Waals surface area contributed by atoms with Gasteiger partial charge in [0, 0.05) is 10.9 Å². The fraction of sp³-hybridized carbons (Fsp3) is 0.368. The van der Waals surface area contributed by atoms with Crippen LogP contribution in [0.2, 0.25) is 0 Å². The van der Waals surface area contributed by atoms with Gasteiger partial charge in [0.2, 0.25) is 0 Å². The van der Waals surface area contributed by atoms with Crippen molar-refractivity contribution < 1.29 is 5.11 Å². The van der Waals surface area contributed by atoms with Gasteiger partial charge >= 0.3 is 0 Å². The first kappa shape index (κ1) is 17.1. The highest BCUT2D eigenvalue weighted by atomic mass is 32.2. The van der Waals surface area contributed by atoms with Crippen molar-refractivity contribution in [2.45, 2.75) is 30.4 Å². The smallest absolute Gasteiger partial charge is 0.0942 e. The fourth-order valence-corrected chi connectivity index (χ4v) is 3.25. The van der Waals surface area contributed by atoms with Crippen LogP contribution in [0.3, 0.4) is 0 Å². The minimum absolute atomic E-state index is 0.115. The monoisotopic (exact) mass is 315 g/mol. The van der Waals surface area contributed by atoms with Crippen LogP contribution in [-0.4, -0.2) is 35.4 Å². The summed E-state index contributed by atoms with van der Waals surface area (Å²) in [5.41, 5.74) is 0.987. The molecule has 0 aliphatic rings. The molecule has 22 heavy (non-hydrogen) atoms. The van der Waals surface area contributed by atoms with Gasteiger partial charge in [0.1, 0.15) is 0 Å². The fourth-order valence-electron chi connectivity index (χ4n) is 2.39. The molecule has 1 N–H and O–H groups in total. The van der Waals surface area contributed by atoms with E-state index in [-0.39, 0.29) is 6.04 Å². The summed E-state index contributed by atoms with van der Waals surface area (Å²) in [5.74, 6) is 1.10. The summed E-state index contributed by atoms with van der Waals surface area (Å²) in [5, 5.41) is 10.4. The van der Waals surface area contributed by atoms with Crippen LogP contribution >= 0.6 is 11.8 Å². The number of aliphatic hydroxyl groups excluding tert-OH is 1. The van der Waals surface area contributed by atoms with Gasteiger partial charge in [-0.15, -0.1) is 11.8 Å².